The maximum Gasteiger partial charge on any atom is 0.331 e. The van der Waals surface area contributed by atoms with Crippen molar-refractivity contribution in [2.24, 2.45) is 5.73 Å². The highest BCUT2D eigenvalue weighted by Crippen LogP contribution is 2.64. The minimum atomic E-state index is -1.35. The van der Waals surface area contributed by atoms with Crippen molar-refractivity contribution in [1.29, 1.82) is 0 Å². The van der Waals surface area contributed by atoms with Gasteiger partial charge in [-0.15, -0.1) is 11.8 Å². The number of nitrogens with two attached hydrogens (primary N) is 1. The number of thioether (sulfide) groups is 1. The fraction of sp³-hybridized carbons (Fsp3) is 0.476. The Morgan fingerprint density at radius 3 is 2.60 bits per heavy atom. The standard InChI is InChI=1S/C42H47N5O10S/c1-18-10-23-12-26-20(3)47-27-15-54-41(51)42(24-13-28(52-6)25(45-29(49)14-43)11-22(24)8-9-44-42)16-58-40(34(47)33(46(26)5)30(23)35(50)36(18)53-7)32-31(27)39-38(55-17-56-39)19(2)37(32)57-21(4)48/h10-11,13,20,26-27,33-34,40,44H,5,8-9,12,14-17,43H2,1-4,6-7H3,(H-,45,49,50)/p+1/t20-,26-,27-,33+,34+,40+,42+/m0/s1. The number of hydrogen-bond donors (Lipinski definition) is 4. The zero-order valence-electron chi connectivity index (χ0n) is 33.4. The molecule has 306 valence electrons. The topological polar surface area (TPSA) is 183 Å². The number of phenols is 1. The number of aryl methyl sites for hydroxylation is 1. The molecule has 0 aromatic heterocycles. The third-order valence-corrected chi connectivity index (χ3v) is 14.4. The molecule has 7 aliphatic heterocycles. The van der Waals surface area contributed by atoms with Crippen molar-refractivity contribution in [1.82, 2.24) is 10.2 Å². The van der Waals surface area contributed by atoms with Crippen LogP contribution in [0.15, 0.2) is 18.2 Å². The van der Waals surface area contributed by atoms with Gasteiger partial charge in [-0.05, 0) is 61.6 Å². The van der Waals surface area contributed by atoms with Crippen LogP contribution in [0.2, 0.25) is 0 Å². The number of anilines is 1. The first-order valence-corrected chi connectivity index (χ1v) is 20.5. The van der Waals surface area contributed by atoms with Crippen LogP contribution in [0.3, 0.4) is 0 Å². The lowest BCUT2D eigenvalue weighted by molar-refractivity contribution is -0.634. The lowest BCUT2D eigenvalue weighted by Crippen LogP contribution is -2.67. The number of benzene rings is 3. The second kappa shape index (κ2) is 14.1. The molecular weight excluding hydrogens is 767 g/mol. The number of hydrogen-bond acceptors (Lipinski definition) is 14. The summed E-state index contributed by atoms with van der Waals surface area (Å²) in [5, 5.41) is 18.0. The number of nitrogens with one attached hydrogen (secondary N) is 2. The molecule has 0 saturated carbocycles. The van der Waals surface area contributed by atoms with Crippen LogP contribution in [0.1, 0.15) is 75.7 Å². The predicted octanol–water partition coefficient (Wildman–Crippen LogP) is 3.46. The number of aromatic hydroxyl groups is 1. The number of phenolic OH excluding ortho intramolecular Hbond substituents is 1. The highest BCUT2D eigenvalue weighted by molar-refractivity contribution is 7.99. The van der Waals surface area contributed by atoms with E-state index >= 15 is 0 Å². The summed E-state index contributed by atoms with van der Waals surface area (Å²) >= 11 is 1.54. The maximum atomic E-state index is 14.9. The lowest BCUT2D eigenvalue weighted by Gasteiger charge is -2.57. The van der Waals surface area contributed by atoms with E-state index < -0.39 is 40.9 Å². The Morgan fingerprint density at radius 2 is 1.88 bits per heavy atom. The van der Waals surface area contributed by atoms with E-state index in [-0.39, 0.29) is 49.4 Å². The average molecular weight is 815 g/mol. The number of esters is 2. The lowest BCUT2D eigenvalue weighted by atomic mass is 9.72. The first-order valence-electron chi connectivity index (χ1n) is 19.5. The number of methoxy groups -OCH3 is 2. The smallest absolute Gasteiger partial charge is 0.331 e. The number of carbonyl (C=O) groups is 3. The van der Waals surface area contributed by atoms with Crippen LogP contribution in [0.5, 0.6) is 34.5 Å². The zero-order chi connectivity index (χ0) is 40.9. The minimum Gasteiger partial charge on any atom is -0.504 e. The molecule has 0 aliphatic carbocycles. The van der Waals surface area contributed by atoms with Crippen molar-refractivity contribution in [2.75, 3.05) is 51.8 Å². The summed E-state index contributed by atoms with van der Waals surface area (Å²) in [7, 11) is 3.06. The van der Waals surface area contributed by atoms with E-state index in [0.29, 0.717) is 64.9 Å². The summed E-state index contributed by atoms with van der Waals surface area (Å²) in [6.45, 7) is 12.2. The van der Waals surface area contributed by atoms with Crippen LogP contribution < -0.4 is 40.1 Å². The van der Waals surface area contributed by atoms with Gasteiger partial charge in [0.15, 0.2) is 40.6 Å². The minimum absolute atomic E-state index is 0.0207. The SMILES string of the molecule is C=[N+]1[C@@H]2c3c(cc(C)c(OC)c3O)C[C@H]1[C@H](C)N1[C@H]2[C@@H]2SC[C@]3(NCCc4cc(NC(=O)CN)c(OC)cc43)C(=O)OC[C@H]1c1c3c(c(C)c(OC(C)=O)c12)OCO3. The molecule has 58 heavy (non-hydrogen) atoms. The molecule has 3 aromatic rings. The van der Waals surface area contributed by atoms with E-state index in [4.69, 9.17) is 34.2 Å². The van der Waals surface area contributed by atoms with E-state index in [9.17, 15) is 19.5 Å². The number of carbonyl (C=O) groups excluding carboxylic acids is 3. The first-order chi connectivity index (χ1) is 27.8. The molecule has 0 unspecified atom stereocenters. The first kappa shape index (κ1) is 38.5. The van der Waals surface area contributed by atoms with Gasteiger partial charge >= 0.3 is 11.9 Å². The van der Waals surface area contributed by atoms with Crippen molar-refractivity contribution in [3.63, 3.8) is 0 Å². The van der Waals surface area contributed by atoms with Crippen molar-refractivity contribution in [3.8, 4) is 34.5 Å². The highest BCUT2D eigenvalue weighted by atomic mass is 32.2. The van der Waals surface area contributed by atoms with Crippen LogP contribution in [-0.2, 0) is 37.5 Å². The second-order valence-electron chi connectivity index (χ2n) is 15.9. The van der Waals surface area contributed by atoms with E-state index in [1.165, 1.54) is 14.0 Å². The molecule has 7 heterocycles. The van der Waals surface area contributed by atoms with Crippen molar-refractivity contribution in [3.05, 3.63) is 62.7 Å². The number of fused-ring (bicyclic) bond motifs is 9. The summed E-state index contributed by atoms with van der Waals surface area (Å²) in [6, 6.07) is 4.09. The average Bonchev–Trinajstić information content (AvgIpc) is 3.69. The summed E-state index contributed by atoms with van der Waals surface area (Å²) in [6.07, 6.45) is 1.20. The number of amides is 1. The van der Waals surface area contributed by atoms with Gasteiger partial charge in [-0.25, -0.2) is 9.37 Å². The summed E-state index contributed by atoms with van der Waals surface area (Å²) < 4.78 is 38.7. The fourth-order valence-electron chi connectivity index (χ4n) is 10.5. The van der Waals surface area contributed by atoms with Crippen LogP contribution >= 0.6 is 11.8 Å². The van der Waals surface area contributed by atoms with Gasteiger partial charge in [0, 0.05) is 42.3 Å². The molecule has 15 nitrogen and oxygen atoms in total. The van der Waals surface area contributed by atoms with Gasteiger partial charge in [0.2, 0.25) is 12.7 Å². The molecule has 5 N–H and O–H groups in total. The maximum absolute atomic E-state index is 14.9. The Balaban J connectivity index is 1.29. The quantitative estimate of drug-likeness (QED) is 0.167. The predicted molar refractivity (Wildman–Crippen MR) is 214 cm³/mol. The van der Waals surface area contributed by atoms with Gasteiger partial charge in [-0.2, -0.15) is 0 Å². The van der Waals surface area contributed by atoms with Crippen molar-refractivity contribution < 1.29 is 52.5 Å². The van der Waals surface area contributed by atoms with Gasteiger partial charge in [0.05, 0.1) is 55.4 Å². The molecule has 1 spiro atoms. The molecule has 16 heteroatoms. The van der Waals surface area contributed by atoms with E-state index in [2.05, 4.69) is 39.8 Å². The van der Waals surface area contributed by atoms with Crippen LogP contribution in [0.25, 0.3) is 0 Å². The molecule has 4 bridgehead atoms. The Labute approximate surface area is 340 Å². The molecule has 2 saturated heterocycles. The van der Waals surface area contributed by atoms with E-state index in [1.807, 2.05) is 19.9 Å². The zero-order valence-corrected chi connectivity index (χ0v) is 34.2. The number of nitrogens with zero attached hydrogens (tertiary/aromatic N) is 2. The normalized spacial score (nSPS) is 27.8. The second-order valence-corrected chi connectivity index (χ2v) is 17.0. The Bertz CT molecular complexity index is 2320. The third kappa shape index (κ3) is 5.44. The summed E-state index contributed by atoms with van der Waals surface area (Å²) in [4.78, 5) is 42.7. The van der Waals surface area contributed by atoms with Gasteiger partial charge in [0.1, 0.15) is 24.8 Å². The van der Waals surface area contributed by atoms with Gasteiger partial charge in [-0.1, -0.05) is 6.07 Å². The largest absolute Gasteiger partial charge is 0.504 e. The fourth-order valence-corrected chi connectivity index (χ4v) is 12.2. The van der Waals surface area contributed by atoms with Crippen LogP contribution in [-0.4, -0.2) is 104 Å². The summed E-state index contributed by atoms with van der Waals surface area (Å²) in [5.74, 6) is 1.10. The Hall–Kier alpha value is -5.03. The monoisotopic (exact) mass is 814 g/mol. The molecular formula is C42H48N5O10S+. The molecule has 7 aliphatic rings. The summed E-state index contributed by atoms with van der Waals surface area (Å²) in [5.41, 5.74) is 11.0. The molecule has 10 rings (SSSR count). The highest BCUT2D eigenvalue weighted by Gasteiger charge is 2.63. The molecule has 3 aromatic carbocycles. The van der Waals surface area contributed by atoms with E-state index in [0.717, 1.165) is 33.4 Å². The number of rotatable bonds is 5. The molecule has 2 fully saturated rings. The van der Waals surface area contributed by atoms with Crippen molar-refractivity contribution >= 4 is 42.0 Å². The van der Waals surface area contributed by atoms with Gasteiger partial charge < -0.3 is 44.6 Å². The Kier molecular flexibility index (Phi) is 9.33. The Morgan fingerprint density at radius 1 is 1.10 bits per heavy atom. The van der Waals surface area contributed by atoms with Crippen molar-refractivity contribution in [2.45, 2.75) is 81.5 Å². The number of ether oxygens (including phenoxy) is 6. The molecule has 0 radical (unpaired) electrons. The van der Waals surface area contributed by atoms with Gasteiger partial charge in [-0.3, -0.25) is 19.8 Å². The number of piperazine rings is 1. The molecule has 1 amide bonds. The van der Waals surface area contributed by atoms with Crippen LogP contribution in [0.4, 0.5) is 5.69 Å². The van der Waals surface area contributed by atoms with E-state index in [1.54, 1.807) is 24.9 Å². The molecule has 7 atom stereocenters. The van der Waals surface area contributed by atoms with Crippen LogP contribution in [0, 0.1) is 13.8 Å². The van der Waals surface area contributed by atoms with Gasteiger partial charge in [0.25, 0.3) is 0 Å². The third-order valence-electron chi connectivity index (χ3n) is 12.9.